The number of piperidine rings is 1. The van der Waals surface area contributed by atoms with E-state index in [0.29, 0.717) is 5.92 Å². The van der Waals surface area contributed by atoms with E-state index in [1.807, 2.05) is 4.90 Å². The molecule has 0 spiro atoms. The van der Waals surface area contributed by atoms with Gasteiger partial charge in [0.15, 0.2) is 0 Å². The highest BCUT2D eigenvalue weighted by Crippen LogP contribution is 2.18. The van der Waals surface area contributed by atoms with Crippen LogP contribution in [0.4, 0.5) is 0 Å². The Balaban J connectivity index is 1.85. The average molecular weight is 212 g/mol. The Morgan fingerprint density at radius 2 is 2.27 bits per heavy atom. The van der Waals surface area contributed by atoms with Crippen LogP contribution in [0, 0.1) is 5.92 Å². The van der Waals surface area contributed by atoms with Gasteiger partial charge in [-0.3, -0.25) is 4.79 Å². The third-order valence-corrected chi connectivity index (χ3v) is 3.46. The largest absolute Gasteiger partial charge is 0.396 e. The first-order chi connectivity index (χ1) is 7.31. The molecule has 2 saturated heterocycles. The molecule has 0 radical (unpaired) electrons. The first kappa shape index (κ1) is 10.9. The number of nitrogens with zero attached hydrogens (tertiary/aromatic N) is 1. The van der Waals surface area contributed by atoms with Gasteiger partial charge in [-0.15, -0.1) is 0 Å². The molecule has 0 aromatic carbocycles. The van der Waals surface area contributed by atoms with Gasteiger partial charge in [0.2, 0.25) is 5.91 Å². The fraction of sp³-hybridized carbons (Fsp3) is 0.909. The standard InChI is InChI=1S/C11H20N2O2/c14-8-9-4-6-13(7-9)11(15)10-3-1-2-5-12-10/h9-10,12,14H,1-8H2/t9-,10-/m0/s1. The van der Waals surface area contributed by atoms with Gasteiger partial charge >= 0.3 is 0 Å². The highest BCUT2D eigenvalue weighted by atomic mass is 16.3. The van der Waals surface area contributed by atoms with Crippen molar-refractivity contribution >= 4 is 5.91 Å². The summed E-state index contributed by atoms with van der Waals surface area (Å²) in [4.78, 5) is 14.0. The maximum atomic E-state index is 12.0. The number of hydrogen-bond acceptors (Lipinski definition) is 3. The molecule has 1 amide bonds. The van der Waals surface area contributed by atoms with Gasteiger partial charge in [-0.2, -0.15) is 0 Å². The number of hydrogen-bond donors (Lipinski definition) is 2. The molecule has 4 nitrogen and oxygen atoms in total. The number of carbonyl (C=O) groups is 1. The van der Waals surface area contributed by atoms with Gasteiger partial charge in [-0.05, 0) is 25.8 Å². The van der Waals surface area contributed by atoms with Crippen LogP contribution in [0.2, 0.25) is 0 Å². The van der Waals surface area contributed by atoms with Gasteiger partial charge in [0.25, 0.3) is 0 Å². The molecule has 86 valence electrons. The number of likely N-dealkylation sites (tertiary alicyclic amines) is 1. The lowest BCUT2D eigenvalue weighted by Gasteiger charge is -2.27. The van der Waals surface area contributed by atoms with Crippen LogP contribution >= 0.6 is 0 Å². The smallest absolute Gasteiger partial charge is 0.239 e. The average Bonchev–Trinajstić information content (AvgIpc) is 2.78. The summed E-state index contributed by atoms with van der Waals surface area (Å²) in [6.45, 7) is 2.74. The predicted molar refractivity (Wildman–Crippen MR) is 57.4 cm³/mol. The van der Waals surface area contributed by atoms with E-state index in [1.165, 1.54) is 6.42 Å². The zero-order valence-electron chi connectivity index (χ0n) is 9.11. The second kappa shape index (κ2) is 4.94. The first-order valence-corrected chi connectivity index (χ1v) is 5.94. The summed E-state index contributed by atoms with van der Waals surface area (Å²) in [5, 5.41) is 12.3. The number of aliphatic hydroxyl groups is 1. The van der Waals surface area contributed by atoms with Crippen LogP contribution in [0.25, 0.3) is 0 Å². The molecule has 0 aromatic rings. The van der Waals surface area contributed by atoms with Gasteiger partial charge in [-0.25, -0.2) is 0 Å². The number of carbonyl (C=O) groups excluding carboxylic acids is 1. The number of nitrogens with one attached hydrogen (secondary N) is 1. The van der Waals surface area contributed by atoms with Crippen molar-refractivity contribution in [1.29, 1.82) is 0 Å². The molecule has 15 heavy (non-hydrogen) atoms. The minimum absolute atomic E-state index is 0.0381. The fourth-order valence-electron chi connectivity index (χ4n) is 2.46. The SMILES string of the molecule is O=C([C@@H]1CCCCN1)N1CC[C@H](CO)C1. The van der Waals surface area contributed by atoms with Crippen LogP contribution in [0.15, 0.2) is 0 Å². The molecule has 2 N–H and O–H groups in total. The van der Waals surface area contributed by atoms with Crippen molar-refractivity contribution in [2.75, 3.05) is 26.2 Å². The van der Waals surface area contributed by atoms with Gasteiger partial charge in [0, 0.05) is 25.6 Å². The molecule has 2 fully saturated rings. The van der Waals surface area contributed by atoms with Gasteiger partial charge in [0.05, 0.1) is 6.04 Å². The van der Waals surface area contributed by atoms with Crippen molar-refractivity contribution in [3.63, 3.8) is 0 Å². The van der Waals surface area contributed by atoms with E-state index in [2.05, 4.69) is 5.32 Å². The molecule has 2 aliphatic heterocycles. The molecule has 0 aliphatic carbocycles. The lowest BCUT2D eigenvalue weighted by Crippen LogP contribution is -2.47. The van der Waals surface area contributed by atoms with Gasteiger partial charge in [0.1, 0.15) is 0 Å². The van der Waals surface area contributed by atoms with Gasteiger partial charge in [-0.1, -0.05) is 6.42 Å². The molecule has 2 aliphatic rings. The van der Waals surface area contributed by atoms with E-state index >= 15 is 0 Å². The number of aliphatic hydroxyl groups excluding tert-OH is 1. The molecular formula is C11H20N2O2. The fourth-order valence-corrected chi connectivity index (χ4v) is 2.46. The maximum absolute atomic E-state index is 12.0. The van der Waals surface area contributed by atoms with E-state index in [0.717, 1.165) is 38.9 Å². The third-order valence-electron chi connectivity index (χ3n) is 3.46. The highest BCUT2D eigenvalue weighted by molar-refractivity contribution is 5.82. The van der Waals surface area contributed by atoms with Crippen molar-refractivity contribution in [3.8, 4) is 0 Å². The van der Waals surface area contributed by atoms with E-state index in [4.69, 9.17) is 5.11 Å². The summed E-state index contributed by atoms with van der Waals surface area (Å²) in [6.07, 6.45) is 4.26. The number of rotatable bonds is 2. The monoisotopic (exact) mass is 212 g/mol. The second-order valence-corrected chi connectivity index (χ2v) is 4.62. The van der Waals surface area contributed by atoms with Crippen molar-refractivity contribution in [1.82, 2.24) is 10.2 Å². The Bertz CT molecular complexity index is 227. The van der Waals surface area contributed by atoms with Crippen LogP contribution in [-0.2, 0) is 4.79 Å². The third kappa shape index (κ3) is 2.49. The Labute approximate surface area is 90.6 Å². The van der Waals surface area contributed by atoms with E-state index in [-0.39, 0.29) is 18.6 Å². The normalized spacial score (nSPS) is 31.9. The topological polar surface area (TPSA) is 52.6 Å². The molecular weight excluding hydrogens is 192 g/mol. The van der Waals surface area contributed by atoms with Crippen LogP contribution < -0.4 is 5.32 Å². The van der Waals surface area contributed by atoms with Crippen molar-refractivity contribution < 1.29 is 9.90 Å². The summed E-state index contributed by atoms with van der Waals surface area (Å²) in [5.74, 6) is 0.545. The van der Waals surface area contributed by atoms with Crippen molar-refractivity contribution in [2.24, 2.45) is 5.92 Å². The summed E-state index contributed by atoms with van der Waals surface area (Å²) >= 11 is 0. The lowest BCUT2D eigenvalue weighted by atomic mass is 10.0. The molecule has 0 saturated carbocycles. The van der Waals surface area contributed by atoms with E-state index in [1.54, 1.807) is 0 Å². The molecule has 0 aromatic heterocycles. The van der Waals surface area contributed by atoms with Crippen LogP contribution in [0.5, 0.6) is 0 Å². The molecule has 0 bridgehead atoms. The summed E-state index contributed by atoms with van der Waals surface area (Å²) < 4.78 is 0. The maximum Gasteiger partial charge on any atom is 0.239 e. The Morgan fingerprint density at radius 1 is 1.40 bits per heavy atom. The van der Waals surface area contributed by atoms with Crippen LogP contribution in [0.1, 0.15) is 25.7 Å². The van der Waals surface area contributed by atoms with E-state index in [9.17, 15) is 4.79 Å². The van der Waals surface area contributed by atoms with Gasteiger partial charge < -0.3 is 15.3 Å². The van der Waals surface area contributed by atoms with Crippen molar-refractivity contribution in [2.45, 2.75) is 31.7 Å². The Kier molecular flexibility index (Phi) is 3.59. The Morgan fingerprint density at radius 3 is 2.87 bits per heavy atom. The van der Waals surface area contributed by atoms with Crippen LogP contribution in [-0.4, -0.2) is 48.2 Å². The zero-order chi connectivity index (χ0) is 10.7. The minimum Gasteiger partial charge on any atom is -0.396 e. The zero-order valence-corrected chi connectivity index (χ0v) is 9.11. The molecule has 2 atom stereocenters. The first-order valence-electron chi connectivity index (χ1n) is 5.94. The summed E-state index contributed by atoms with van der Waals surface area (Å²) in [7, 11) is 0. The highest BCUT2D eigenvalue weighted by Gasteiger charge is 2.30. The quantitative estimate of drug-likeness (QED) is 0.676. The van der Waals surface area contributed by atoms with E-state index < -0.39 is 0 Å². The van der Waals surface area contributed by atoms with Crippen LogP contribution in [0.3, 0.4) is 0 Å². The second-order valence-electron chi connectivity index (χ2n) is 4.62. The summed E-state index contributed by atoms with van der Waals surface area (Å²) in [6, 6.07) is 0.0381. The molecule has 0 unspecified atom stereocenters. The number of amides is 1. The predicted octanol–water partition coefficient (Wildman–Crippen LogP) is -0.0307. The minimum atomic E-state index is 0.0381. The van der Waals surface area contributed by atoms with Crippen molar-refractivity contribution in [3.05, 3.63) is 0 Å². The molecule has 4 heteroatoms. The molecule has 2 heterocycles. The summed E-state index contributed by atoms with van der Waals surface area (Å²) in [5.41, 5.74) is 0. The Hall–Kier alpha value is -0.610. The lowest BCUT2D eigenvalue weighted by molar-refractivity contribution is -0.133. The molecule has 2 rings (SSSR count).